The summed E-state index contributed by atoms with van der Waals surface area (Å²) in [5.74, 6) is 0.825. The zero-order chi connectivity index (χ0) is 23.9. The first-order chi connectivity index (χ1) is 16.4. The van der Waals surface area contributed by atoms with Crippen LogP contribution in [0.3, 0.4) is 0 Å². The van der Waals surface area contributed by atoms with Crippen molar-refractivity contribution in [2.45, 2.75) is 57.4 Å². The summed E-state index contributed by atoms with van der Waals surface area (Å²) in [5.41, 5.74) is 4.18. The van der Waals surface area contributed by atoms with Crippen molar-refractivity contribution in [3.05, 3.63) is 88.2 Å². The molecule has 0 radical (unpaired) electrons. The van der Waals surface area contributed by atoms with Gasteiger partial charge in [-0.1, -0.05) is 66.9 Å². The highest BCUT2D eigenvalue weighted by Gasteiger charge is 2.59. The third-order valence-corrected chi connectivity index (χ3v) is 8.63. The minimum atomic E-state index is -0.322. The minimum absolute atomic E-state index is 0.107. The van der Waals surface area contributed by atoms with Crippen molar-refractivity contribution in [2.24, 2.45) is 11.3 Å². The molecular formula is C29H30Cl2N2O. The van der Waals surface area contributed by atoms with Crippen LogP contribution in [-0.4, -0.2) is 16.9 Å². The van der Waals surface area contributed by atoms with Crippen molar-refractivity contribution in [3.63, 3.8) is 0 Å². The van der Waals surface area contributed by atoms with E-state index in [9.17, 15) is 4.79 Å². The summed E-state index contributed by atoms with van der Waals surface area (Å²) in [6.07, 6.45) is 7.36. The van der Waals surface area contributed by atoms with Crippen molar-refractivity contribution < 1.29 is 4.79 Å². The molecule has 176 valence electrons. The Balaban J connectivity index is 1.60. The van der Waals surface area contributed by atoms with Gasteiger partial charge in [0.05, 0.1) is 5.41 Å². The van der Waals surface area contributed by atoms with Crippen LogP contribution in [0.1, 0.15) is 62.5 Å². The van der Waals surface area contributed by atoms with Crippen molar-refractivity contribution in [2.75, 3.05) is 0 Å². The Morgan fingerprint density at radius 3 is 2.56 bits per heavy atom. The highest BCUT2D eigenvalue weighted by atomic mass is 35.5. The van der Waals surface area contributed by atoms with Gasteiger partial charge in [0.15, 0.2) is 0 Å². The largest absolute Gasteiger partial charge is 0.353 e. The number of carbonyl (C=O) groups is 1. The van der Waals surface area contributed by atoms with E-state index < -0.39 is 0 Å². The Morgan fingerprint density at radius 1 is 1.09 bits per heavy atom. The van der Waals surface area contributed by atoms with E-state index in [0.717, 1.165) is 52.4 Å². The number of carbonyl (C=O) groups excluding carboxylic acids is 1. The summed E-state index contributed by atoms with van der Waals surface area (Å²) in [5, 5.41) is 4.81. The van der Waals surface area contributed by atoms with Crippen LogP contribution < -0.4 is 5.32 Å². The molecule has 5 heteroatoms. The Morgan fingerprint density at radius 2 is 1.88 bits per heavy atom. The van der Waals surface area contributed by atoms with Gasteiger partial charge in [-0.25, -0.2) is 0 Å². The summed E-state index contributed by atoms with van der Waals surface area (Å²) < 4.78 is 0. The standard InChI is InChI=1S/C29H30Cl2N2O/c1-3-13-29-14-12-24(23-11-8-20(16-25(23)31)21-5-4-15-32-17-21)26(19-6-9-22(30)10-7-19)27(29)18(2)33-28(29)34/h4-11,15-18,24,26-27H,3,12-14H2,1-2H3,(H,33,34)/t18-,24+,26+,27+,29-/m1/s1. The van der Waals surface area contributed by atoms with E-state index in [0.29, 0.717) is 0 Å². The fourth-order valence-corrected chi connectivity index (χ4v) is 7.16. The molecule has 1 aliphatic carbocycles. The Hall–Kier alpha value is -2.36. The van der Waals surface area contributed by atoms with Crippen molar-refractivity contribution in [1.29, 1.82) is 0 Å². The average Bonchev–Trinajstić information content (AvgIpc) is 3.09. The number of benzene rings is 2. The Bertz CT molecular complexity index is 1180. The lowest BCUT2D eigenvalue weighted by molar-refractivity contribution is -0.131. The van der Waals surface area contributed by atoms with Crippen LogP contribution in [0.4, 0.5) is 0 Å². The van der Waals surface area contributed by atoms with Gasteiger partial charge in [0.2, 0.25) is 5.91 Å². The molecule has 3 aromatic rings. The summed E-state index contributed by atoms with van der Waals surface area (Å²) in [7, 11) is 0. The molecule has 2 aromatic carbocycles. The number of halogens is 2. The number of amides is 1. The fraction of sp³-hybridized carbons (Fsp3) is 0.379. The third-order valence-electron chi connectivity index (χ3n) is 8.06. The van der Waals surface area contributed by atoms with Crippen LogP contribution in [0.25, 0.3) is 11.1 Å². The average molecular weight is 493 g/mol. The minimum Gasteiger partial charge on any atom is -0.353 e. The smallest absolute Gasteiger partial charge is 0.226 e. The summed E-state index contributed by atoms with van der Waals surface area (Å²) in [6.45, 7) is 4.35. The highest BCUT2D eigenvalue weighted by molar-refractivity contribution is 6.31. The molecule has 1 saturated heterocycles. The van der Waals surface area contributed by atoms with E-state index in [1.165, 1.54) is 5.56 Å². The summed E-state index contributed by atoms with van der Waals surface area (Å²) in [4.78, 5) is 17.6. The number of pyridine rings is 1. The maximum atomic E-state index is 13.3. The van der Waals surface area contributed by atoms with E-state index in [1.54, 1.807) is 6.20 Å². The SMILES string of the molecule is CCC[C@@]12CC[C@@H](c3ccc(-c4cccnc4)cc3Cl)[C@H](c3ccc(Cl)cc3)[C@@H]1[C@@H](C)NC2=O. The summed E-state index contributed by atoms with van der Waals surface area (Å²) >= 11 is 13.2. The number of nitrogens with zero attached hydrogens (tertiary/aromatic N) is 1. The third kappa shape index (κ3) is 3.93. The summed E-state index contributed by atoms with van der Waals surface area (Å²) in [6, 6.07) is 18.7. The van der Waals surface area contributed by atoms with Crippen LogP contribution in [0.15, 0.2) is 67.0 Å². The van der Waals surface area contributed by atoms with Crippen LogP contribution in [-0.2, 0) is 4.79 Å². The van der Waals surface area contributed by atoms with Gasteiger partial charge in [-0.15, -0.1) is 0 Å². The lowest BCUT2D eigenvalue weighted by Gasteiger charge is -2.48. The maximum Gasteiger partial charge on any atom is 0.226 e. The first-order valence-corrected chi connectivity index (χ1v) is 13.0. The van der Waals surface area contributed by atoms with Crippen LogP contribution >= 0.6 is 23.2 Å². The monoisotopic (exact) mass is 492 g/mol. The first kappa shape index (κ1) is 23.4. The van der Waals surface area contributed by atoms with Gasteiger partial charge in [0, 0.05) is 40.0 Å². The van der Waals surface area contributed by atoms with Crippen molar-refractivity contribution >= 4 is 29.1 Å². The molecule has 2 aliphatic rings. The quantitative estimate of drug-likeness (QED) is 0.397. The van der Waals surface area contributed by atoms with Gasteiger partial charge in [-0.2, -0.15) is 0 Å². The molecule has 1 amide bonds. The Labute approximate surface area is 211 Å². The molecule has 0 bridgehead atoms. The molecule has 1 N–H and O–H groups in total. The molecule has 2 fully saturated rings. The first-order valence-electron chi connectivity index (χ1n) is 12.2. The van der Waals surface area contributed by atoms with Gasteiger partial charge in [-0.05, 0) is 79.0 Å². The van der Waals surface area contributed by atoms with Gasteiger partial charge in [-0.3, -0.25) is 9.78 Å². The van der Waals surface area contributed by atoms with Crippen LogP contribution in [0.2, 0.25) is 10.0 Å². The lowest BCUT2D eigenvalue weighted by atomic mass is 9.54. The van der Waals surface area contributed by atoms with Crippen LogP contribution in [0.5, 0.6) is 0 Å². The molecule has 0 spiro atoms. The fourth-order valence-electron chi connectivity index (χ4n) is 6.71. The van der Waals surface area contributed by atoms with E-state index in [2.05, 4.69) is 54.5 Å². The van der Waals surface area contributed by atoms with Crippen LogP contribution in [0, 0.1) is 11.3 Å². The van der Waals surface area contributed by atoms with E-state index in [4.69, 9.17) is 23.2 Å². The molecule has 1 saturated carbocycles. The second-order valence-electron chi connectivity index (χ2n) is 9.89. The molecule has 1 aromatic heterocycles. The number of aromatic nitrogens is 1. The van der Waals surface area contributed by atoms with E-state index in [1.807, 2.05) is 30.5 Å². The molecule has 34 heavy (non-hydrogen) atoms. The number of nitrogens with one attached hydrogen (secondary N) is 1. The zero-order valence-corrected chi connectivity index (χ0v) is 21.1. The van der Waals surface area contributed by atoms with Crippen molar-refractivity contribution in [1.82, 2.24) is 10.3 Å². The predicted octanol–water partition coefficient (Wildman–Crippen LogP) is 7.64. The van der Waals surface area contributed by atoms with E-state index in [-0.39, 0.29) is 35.1 Å². The molecule has 5 atom stereocenters. The van der Waals surface area contributed by atoms with Gasteiger partial charge < -0.3 is 5.32 Å². The predicted molar refractivity (Wildman–Crippen MR) is 139 cm³/mol. The Kier molecular flexibility index (Phi) is 6.43. The number of rotatable bonds is 5. The molecular weight excluding hydrogens is 463 g/mol. The highest BCUT2D eigenvalue weighted by Crippen LogP contribution is 2.60. The van der Waals surface area contributed by atoms with E-state index >= 15 is 0 Å². The molecule has 2 heterocycles. The molecule has 0 unspecified atom stereocenters. The van der Waals surface area contributed by atoms with Gasteiger partial charge >= 0.3 is 0 Å². The molecule has 5 rings (SSSR count). The molecule has 3 nitrogen and oxygen atoms in total. The van der Waals surface area contributed by atoms with Gasteiger partial charge in [0.25, 0.3) is 0 Å². The topological polar surface area (TPSA) is 42.0 Å². The second-order valence-corrected chi connectivity index (χ2v) is 10.7. The lowest BCUT2D eigenvalue weighted by Crippen LogP contribution is -2.44. The number of hydrogen-bond donors (Lipinski definition) is 1. The van der Waals surface area contributed by atoms with Gasteiger partial charge in [0.1, 0.15) is 0 Å². The number of hydrogen-bond acceptors (Lipinski definition) is 2. The normalized spacial score (nSPS) is 28.4. The van der Waals surface area contributed by atoms with Crippen molar-refractivity contribution in [3.8, 4) is 11.1 Å². The zero-order valence-electron chi connectivity index (χ0n) is 19.6. The second kappa shape index (κ2) is 9.36. The number of fused-ring (bicyclic) bond motifs is 1. The maximum absolute atomic E-state index is 13.3. The molecule has 1 aliphatic heterocycles.